The zero-order valence-electron chi connectivity index (χ0n) is 14.1. The number of carbonyl (C=O) groups is 2. The molecule has 6 nitrogen and oxygen atoms in total. The smallest absolute Gasteiger partial charge is 0.253 e. The van der Waals surface area contributed by atoms with Crippen molar-refractivity contribution in [3.05, 3.63) is 29.8 Å². The van der Waals surface area contributed by atoms with E-state index in [0.29, 0.717) is 17.9 Å². The molecule has 2 N–H and O–H groups in total. The molecule has 0 aliphatic carbocycles. The van der Waals surface area contributed by atoms with Crippen LogP contribution in [0.4, 0.5) is 5.69 Å². The highest BCUT2D eigenvalue weighted by atomic mass is 16.5. The van der Waals surface area contributed by atoms with Crippen molar-refractivity contribution in [3.8, 4) is 0 Å². The van der Waals surface area contributed by atoms with Crippen LogP contribution in [-0.4, -0.2) is 55.6 Å². The minimum Gasteiger partial charge on any atom is -0.368 e. The largest absolute Gasteiger partial charge is 0.368 e. The van der Waals surface area contributed by atoms with Gasteiger partial charge < -0.3 is 20.3 Å². The molecule has 2 heterocycles. The summed E-state index contributed by atoms with van der Waals surface area (Å²) in [5.41, 5.74) is 1.19. The van der Waals surface area contributed by atoms with Gasteiger partial charge >= 0.3 is 0 Å². The molecule has 2 fully saturated rings. The van der Waals surface area contributed by atoms with Gasteiger partial charge in [0.05, 0.1) is 0 Å². The molecule has 0 radical (unpaired) electrons. The highest BCUT2D eigenvalue weighted by Gasteiger charge is 2.24. The van der Waals surface area contributed by atoms with Crippen LogP contribution in [-0.2, 0) is 9.53 Å². The van der Waals surface area contributed by atoms with Crippen molar-refractivity contribution in [3.63, 3.8) is 0 Å². The van der Waals surface area contributed by atoms with E-state index in [1.54, 1.807) is 24.3 Å². The van der Waals surface area contributed by atoms with E-state index in [2.05, 4.69) is 22.6 Å². The first-order valence-electron chi connectivity index (χ1n) is 8.64. The van der Waals surface area contributed by atoms with E-state index in [0.717, 1.165) is 38.8 Å². The van der Waals surface area contributed by atoms with Gasteiger partial charge in [0.25, 0.3) is 11.8 Å². The predicted octanol–water partition coefficient (Wildman–Crippen LogP) is 1.63. The number of hydrogen-bond donors (Lipinski definition) is 2. The quantitative estimate of drug-likeness (QED) is 0.880. The van der Waals surface area contributed by atoms with Crippen LogP contribution in [0.25, 0.3) is 0 Å². The number of nitrogens with zero attached hydrogens (tertiary/aromatic N) is 1. The molecule has 2 aliphatic rings. The summed E-state index contributed by atoms with van der Waals surface area (Å²) in [6.07, 6.45) is 3.39. The van der Waals surface area contributed by atoms with E-state index >= 15 is 0 Å². The number of nitrogens with one attached hydrogen (secondary N) is 2. The Labute approximate surface area is 142 Å². The van der Waals surface area contributed by atoms with Crippen molar-refractivity contribution in [2.24, 2.45) is 0 Å². The van der Waals surface area contributed by atoms with Gasteiger partial charge in [0.2, 0.25) is 0 Å². The minimum atomic E-state index is -0.375. The Balaban J connectivity index is 1.59. The van der Waals surface area contributed by atoms with Crippen LogP contribution in [0.2, 0.25) is 0 Å². The standard InChI is InChI=1S/C18H25N3O3/c1-21-9-3-7-15(12-21)20-17(22)13-5-2-6-14(11-13)19-18(23)16-8-4-10-24-16/h2,5-6,11,15-16H,3-4,7-10,12H2,1H3,(H,19,23)(H,20,22)/t15-,16-/m1/s1. The lowest BCUT2D eigenvalue weighted by Crippen LogP contribution is -2.46. The molecular formula is C18H25N3O3. The monoisotopic (exact) mass is 331 g/mol. The summed E-state index contributed by atoms with van der Waals surface area (Å²) in [5, 5.41) is 5.92. The number of anilines is 1. The molecule has 2 amide bonds. The Kier molecular flexibility index (Phi) is 5.48. The molecule has 6 heteroatoms. The van der Waals surface area contributed by atoms with Crippen LogP contribution in [0.15, 0.2) is 24.3 Å². The Morgan fingerprint density at radius 3 is 2.88 bits per heavy atom. The lowest BCUT2D eigenvalue weighted by Gasteiger charge is -2.30. The normalized spacial score (nSPS) is 24.5. The summed E-state index contributed by atoms with van der Waals surface area (Å²) in [5.74, 6) is -0.234. The maximum absolute atomic E-state index is 12.4. The topological polar surface area (TPSA) is 70.7 Å². The Hall–Kier alpha value is -1.92. The summed E-state index contributed by atoms with van der Waals surface area (Å²) in [4.78, 5) is 26.8. The fourth-order valence-corrected chi connectivity index (χ4v) is 3.30. The maximum atomic E-state index is 12.4. The van der Waals surface area contributed by atoms with Crippen LogP contribution < -0.4 is 10.6 Å². The summed E-state index contributed by atoms with van der Waals surface area (Å²) in [7, 11) is 2.07. The molecule has 130 valence electrons. The highest BCUT2D eigenvalue weighted by Crippen LogP contribution is 2.17. The molecule has 0 aromatic heterocycles. The summed E-state index contributed by atoms with van der Waals surface area (Å²) in [6, 6.07) is 7.24. The minimum absolute atomic E-state index is 0.0940. The van der Waals surface area contributed by atoms with E-state index in [4.69, 9.17) is 4.74 Å². The second-order valence-electron chi connectivity index (χ2n) is 6.65. The third-order valence-electron chi connectivity index (χ3n) is 4.57. The van der Waals surface area contributed by atoms with Gasteiger partial charge in [-0.15, -0.1) is 0 Å². The van der Waals surface area contributed by atoms with Crippen molar-refractivity contribution in [2.75, 3.05) is 32.1 Å². The third kappa shape index (κ3) is 4.33. The Morgan fingerprint density at radius 1 is 1.25 bits per heavy atom. The van der Waals surface area contributed by atoms with E-state index in [1.807, 2.05) is 0 Å². The zero-order valence-corrected chi connectivity index (χ0v) is 14.1. The number of hydrogen-bond acceptors (Lipinski definition) is 4. The molecule has 0 saturated carbocycles. The van der Waals surface area contributed by atoms with Gasteiger partial charge in [0, 0.05) is 30.4 Å². The number of likely N-dealkylation sites (N-methyl/N-ethyl adjacent to an activating group) is 1. The molecular weight excluding hydrogens is 306 g/mol. The second kappa shape index (κ2) is 7.77. The lowest BCUT2D eigenvalue weighted by molar-refractivity contribution is -0.124. The van der Waals surface area contributed by atoms with Crippen LogP contribution >= 0.6 is 0 Å². The van der Waals surface area contributed by atoms with Gasteiger partial charge in [-0.25, -0.2) is 0 Å². The summed E-state index contributed by atoms with van der Waals surface area (Å²) < 4.78 is 5.38. The van der Waals surface area contributed by atoms with Crippen LogP contribution in [0.1, 0.15) is 36.0 Å². The van der Waals surface area contributed by atoms with E-state index in [-0.39, 0.29) is 24.0 Å². The highest BCUT2D eigenvalue weighted by molar-refractivity contribution is 5.98. The summed E-state index contributed by atoms with van der Waals surface area (Å²) in [6.45, 7) is 2.59. The lowest BCUT2D eigenvalue weighted by atomic mass is 10.1. The first-order chi connectivity index (χ1) is 11.6. The first-order valence-corrected chi connectivity index (χ1v) is 8.64. The van der Waals surface area contributed by atoms with Gasteiger partial charge in [0.1, 0.15) is 6.10 Å². The number of amides is 2. The molecule has 1 aromatic rings. The SMILES string of the molecule is CN1CCC[C@@H](NC(=O)c2cccc(NC(=O)[C@H]3CCCO3)c2)C1. The molecule has 1 aromatic carbocycles. The van der Waals surface area contributed by atoms with E-state index < -0.39 is 0 Å². The molecule has 2 saturated heterocycles. The van der Waals surface area contributed by atoms with Gasteiger partial charge in [-0.2, -0.15) is 0 Å². The van der Waals surface area contributed by atoms with Gasteiger partial charge in [0.15, 0.2) is 0 Å². The van der Waals surface area contributed by atoms with Crippen molar-refractivity contribution in [2.45, 2.75) is 37.8 Å². The number of carbonyl (C=O) groups excluding carboxylic acids is 2. The number of benzene rings is 1. The average molecular weight is 331 g/mol. The molecule has 3 rings (SSSR count). The Bertz CT molecular complexity index is 599. The number of rotatable bonds is 4. The third-order valence-corrected chi connectivity index (χ3v) is 4.57. The van der Waals surface area contributed by atoms with E-state index in [9.17, 15) is 9.59 Å². The fraction of sp³-hybridized carbons (Fsp3) is 0.556. The van der Waals surface area contributed by atoms with E-state index in [1.165, 1.54) is 0 Å². The number of likely N-dealkylation sites (tertiary alicyclic amines) is 1. The number of ether oxygens (including phenoxy) is 1. The molecule has 2 aliphatic heterocycles. The molecule has 0 unspecified atom stereocenters. The van der Waals surface area contributed by atoms with Crippen LogP contribution in [0.3, 0.4) is 0 Å². The number of piperidine rings is 1. The molecule has 2 atom stereocenters. The fourth-order valence-electron chi connectivity index (χ4n) is 3.30. The maximum Gasteiger partial charge on any atom is 0.253 e. The van der Waals surface area contributed by atoms with Gasteiger partial charge in [-0.3, -0.25) is 9.59 Å². The zero-order chi connectivity index (χ0) is 16.9. The van der Waals surface area contributed by atoms with Crippen LogP contribution in [0, 0.1) is 0 Å². The molecule has 24 heavy (non-hydrogen) atoms. The van der Waals surface area contributed by atoms with Crippen molar-refractivity contribution in [1.82, 2.24) is 10.2 Å². The van der Waals surface area contributed by atoms with Crippen LogP contribution in [0.5, 0.6) is 0 Å². The second-order valence-corrected chi connectivity index (χ2v) is 6.65. The Morgan fingerprint density at radius 2 is 2.12 bits per heavy atom. The van der Waals surface area contributed by atoms with Crippen molar-refractivity contribution < 1.29 is 14.3 Å². The van der Waals surface area contributed by atoms with Gasteiger partial charge in [-0.1, -0.05) is 6.07 Å². The average Bonchev–Trinajstić information content (AvgIpc) is 3.10. The first kappa shape index (κ1) is 16.9. The molecule has 0 spiro atoms. The van der Waals surface area contributed by atoms with Crippen molar-refractivity contribution >= 4 is 17.5 Å². The van der Waals surface area contributed by atoms with Gasteiger partial charge in [-0.05, 0) is 57.5 Å². The molecule has 0 bridgehead atoms. The summed E-state index contributed by atoms with van der Waals surface area (Å²) >= 11 is 0. The van der Waals surface area contributed by atoms with Crippen molar-refractivity contribution in [1.29, 1.82) is 0 Å². The predicted molar refractivity (Wildman–Crippen MR) is 92.0 cm³/mol.